The third-order valence-electron chi connectivity index (χ3n) is 4.07. The van der Waals surface area contributed by atoms with Gasteiger partial charge in [0.05, 0.1) is 23.4 Å². The maximum atomic E-state index is 4.46. The van der Waals surface area contributed by atoms with Crippen LogP contribution in [0.4, 0.5) is 0 Å². The molecule has 0 spiro atoms. The molecule has 22 heavy (non-hydrogen) atoms. The average Bonchev–Trinajstić information content (AvgIpc) is 3.25. The Labute approximate surface area is 134 Å². The Hall–Kier alpha value is -2.31. The van der Waals surface area contributed by atoms with Crippen LogP contribution >= 0.6 is 23.1 Å². The van der Waals surface area contributed by atoms with Crippen molar-refractivity contribution < 1.29 is 0 Å². The highest BCUT2D eigenvalue weighted by atomic mass is 32.1. The predicted molar refractivity (Wildman–Crippen MR) is 91.7 cm³/mol. The highest BCUT2D eigenvalue weighted by molar-refractivity contribution is 7.15. The number of hydrogen-bond donors (Lipinski definition) is 0. The van der Waals surface area contributed by atoms with E-state index >= 15 is 0 Å². The largest absolute Gasteiger partial charge is 0.307 e. The zero-order valence-corrected chi connectivity index (χ0v) is 13.3. The third-order valence-corrected chi connectivity index (χ3v) is 5.59. The van der Waals surface area contributed by atoms with Crippen LogP contribution in [0.25, 0.3) is 37.9 Å². The van der Waals surface area contributed by atoms with Gasteiger partial charge in [-0.2, -0.15) is 8.75 Å². The van der Waals surface area contributed by atoms with Gasteiger partial charge in [0, 0.05) is 28.7 Å². The zero-order valence-electron chi connectivity index (χ0n) is 11.6. The van der Waals surface area contributed by atoms with Crippen molar-refractivity contribution >= 4 is 49.8 Å². The molecule has 4 aromatic heterocycles. The second kappa shape index (κ2) is 4.34. The molecule has 0 atom stereocenters. The summed E-state index contributed by atoms with van der Waals surface area (Å²) in [6.45, 7) is 2.19. The van der Waals surface area contributed by atoms with Gasteiger partial charge in [0.15, 0.2) is 0 Å². The Bertz CT molecular complexity index is 1150. The average molecular weight is 322 g/mol. The van der Waals surface area contributed by atoms with E-state index in [-0.39, 0.29) is 0 Å². The molecular weight excluding hydrogens is 312 g/mol. The number of nitrogens with zero attached hydrogens (tertiary/aromatic N) is 4. The molecule has 0 unspecified atom stereocenters. The predicted octanol–water partition coefficient (Wildman–Crippen LogP) is 4.53. The van der Waals surface area contributed by atoms with Crippen molar-refractivity contribution in [2.45, 2.75) is 6.92 Å². The number of pyridine rings is 1. The molecule has 5 rings (SSSR count). The zero-order chi connectivity index (χ0) is 14.7. The number of aromatic nitrogens is 4. The van der Waals surface area contributed by atoms with E-state index in [9.17, 15) is 0 Å². The van der Waals surface area contributed by atoms with Crippen molar-refractivity contribution in [3.8, 4) is 11.1 Å². The number of hydrogen-bond acceptors (Lipinski definition) is 5. The fourth-order valence-corrected chi connectivity index (χ4v) is 4.51. The monoisotopic (exact) mass is 322 g/mol. The molecule has 5 aromatic rings. The second-order valence-corrected chi connectivity index (χ2v) is 6.64. The topological polar surface area (TPSA) is 43.1 Å². The van der Waals surface area contributed by atoms with Crippen LogP contribution in [-0.4, -0.2) is 18.1 Å². The van der Waals surface area contributed by atoms with Crippen molar-refractivity contribution in [2.75, 3.05) is 0 Å². The lowest BCUT2D eigenvalue weighted by molar-refractivity contribution is 1.30. The van der Waals surface area contributed by atoms with Gasteiger partial charge < -0.3 is 4.40 Å². The van der Waals surface area contributed by atoms with Gasteiger partial charge in [-0.3, -0.25) is 4.98 Å². The van der Waals surface area contributed by atoms with Crippen LogP contribution in [0.3, 0.4) is 0 Å². The molecule has 6 heteroatoms. The molecule has 4 nitrogen and oxygen atoms in total. The molecule has 0 saturated heterocycles. The van der Waals surface area contributed by atoms with Crippen LogP contribution < -0.4 is 0 Å². The van der Waals surface area contributed by atoms with Crippen molar-refractivity contribution in [1.82, 2.24) is 18.1 Å². The smallest absolute Gasteiger partial charge is 0.123 e. The molecule has 0 aliphatic heterocycles. The van der Waals surface area contributed by atoms with Gasteiger partial charge in [-0.25, -0.2) is 0 Å². The first-order chi connectivity index (χ1) is 10.8. The molecule has 0 bridgehead atoms. The van der Waals surface area contributed by atoms with Gasteiger partial charge in [-0.05, 0) is 24.1 Å². The third kappa shape index (κ3) is 1.48. The summed E-state index contributed by atoms with van der Waals surface area (Å²) in [5, 5.41) is 3.40. The van der Waals surface area contributed by atoms with Crippen molar-refractivity contribution in [1.29, 1.82) is 0 Å². The summed E-state index contributed by atoms with van der Waals surface area (Å²) >= 11 is 3.01. The molecule has 0 aliphatic carbocycles. The Morgan fingerprint density at radius 1 is 1.09 bits per heavy atom. The van der Waals surface area contributed by atoms with Crippen molar-refractivity contribution in [3.63, 3.8) is 0 Å². The minimum Gasteiger partial charge on any atom is -0.307 e. The number of fused-ring (bicyclic) bond motifs is 4. The van der Waals surface area contributed by atoms with Crippen molar-refractivity contribution in [3.05, 3.63) is 47.7 Å². The first-order valence-corrected chi connectivity index (χ1v) is 8.49. The lowest BCUT2D eigenvalue weighted by Gasteiger charge is -2.05. The molecule has 0 saturated carbocycles. The standard InChI is InChI=1S/C16H10N4S2/c1-9-14-10(11-7-17-8-12-15(11)19-22-18-12)3-2-4-13(14)20-5-6-21-16(9)20/h2-8H,1H3. The molecule has 0 radical (unpaired) electrons. The van der Waals surface area contributed by atoms with E-state index in [2.05, 4.69) is 54.8 Å². The van der Waals surface area contributed by atoms with Crippen LogP contribution in [0, 0.1) is 6.92 Å². The fraction of sp³-hybridized carbons (Fsp3) is 0.0625. The summed E-state index contributed by atoms with van der Waals surface area (Å²) in [7, 11) is 0. The molecule has 1 aromatic carbocycles. The number of aryl methyl sites for hydroxylation is 1. The van der Waals surface area contributed by atoms with Crippen molar-refractivity contribution in [2.24, 2.45) is 0 Å². The maximum absolute atomic E-state index is 4.46. The van der Waals surface area contributed by atoms with Gasteiger partial charge in [0.2, 0.25) is 0 Å². The minimum absolute atomic E-state index is 0.859. The molecule has 0 aliphatic rings. The molecule has 0 amide bonds. The van der Waals surface area contributed by atoms with Gasteiger partial charge >= 0.3 is 0 Å². The number of benzene rings is 1. The van der Waals surface area contributed by atoms with Gasteiger partial charge in [0.1, 0.15) is 15.9 Å². The lowest BCUT2D eigenvalue weighted by atomic mass is 10.00. The molecule has 0 fully saturated rings. The Balaban J connectivity index is 1.98. The lowest BCUT2D eigenvalue weighted by Crippen LogP contribution is -1.85. The van der Waals surface area contributed by atoms with Gasteiger partial charge in [-0.1, -0.05) is 12.1 Å². The maximum Gasteiger partial charge on any atom is 0.123 e. The molecule has 106 valence electrons. The summed E-state index contributed by atoms with van der Waals surface area (Å²) in [5.74, 6) is 0. The van der Waals surface area contributed by atoms with E-state index in [0.717, 1.165) is 16.6 Å². The van der Waals surface area contributed by atoms with Crippen LogP contribution in [0.5, 0.6) is 0 Å². The number of rotatable bonds is 1. The normalized spacial score (nSPS) is 11.9. The number of thiazole rings is 1. The van der Waals surface area contributed by atoms with Crippen LogP contribution in [0.15, 0.2) is 42.2 Å². The SMILES string of the molecule is Cc1c2c(-c3cncc4nsnc34)cccc2n2ccsc12. The van der Waals surface area contributed by atoms with Crippen LogP contribution in [0.1, 0.15) is 5.56 Å². The molecule has 0 N–H and O–H groups in total. The van der Waals surface area contributed by atoms with E-state index < -0.39 is 0 Å². The minimum atomic E-state index is 0.859. The Morgan fingerprint density at radius 2 is 2.05 bits per heavy atom. The summed E-state index contributed by atoms with van der Waals surface area (Å²) in [6, 6.07) is 6.41. The first kappa shape index (κ1) is 12.3. The highest BCUT2D eigenvalue weighted by Crippen LogP contribution is 2.38. The highest BCUT2D eigenvalue weighted by Gasteiger charge is 2.16. The Morgan fingerprint density at radius 3 is 3.00 bits per heavy atom. The summed E-state index contributed by atoms with van der Waals surface area (Å²) in [5.41, 5.74) is 6.56. The Kier molecular flexibility index (Phi) is 2.42. The van der Waals surface area contributed by atoms with E-state index in [1.54, 1.807) is 17.5 Å². The van der Waals surface area contributed by atoms with Crippen LogP contribution in [0.2, 0.25) is 0 Å². The fourth-order valence-electron chi connectivity index (χ4n) is 3.11. The van der Waals surface area contributed by atoms with E-state index in [1.807, 2.05) is 6.20 Å². The molecule has 4 heterocycles. The molecular formula is C16H10N4S2. The van der Waals surface area contributed by atoms with E-state index in [1.165, 1.54) is 38.6 Å². The summed E-state index contributed by atoms with van der Waals surface area (Å²) < 4.78 is 11.0. The second-order valence-electron chi connectivity index (χ2n) is 5.22. The van der Waals surface area contributed by atoms with Gasteiger partial charge in [0.25, 0.3) is 0 Å². The quantitative estimate of drug-likeness (QED) is 0.455. The van der Waals surface area contributed by atoms with Crippen LogP contribution in [-0.2, 0) is 0 Å². The van der Waals surface area contributed by atoms with E-state index in [4.69, 9.17) is 0 Å². The summed E-state index contributed by atoms with van der Waals surface area (Å²) in [6.07, 6.45) is 5.79. The van der Waals surface area contributed by atoms with E-state index in [0.29, 0.717) is 0 Å². The van der Waals surface area contributed by atoms with Gasteiger partial charge in [-0.15, -0.1) is 11.3 Å². The first-order valence-electron chi connectivity index (χ1n) is 6.88. The summed E-state index contributed by atoms with van der Waals surface area (Å²) in [4.78, 5) is 5.63.